The molecule has 0 spiro atoms. The molecule has 3 aliphatic heterocycles. The number of phenols is 1. The van der Waals surface area contributed by atoms with Crippen molar-refractivity contribution in [3.63, 3.8) is 0 Å². The number of ether oxygens (including phenoxy) is 1. The minimum atomic E-state index is -0.538. The Hall–Kier alpha value is -3.49. The summed E-state index contributed by atoms with van der Waals surface area (Å²) in [5, 5.41) is 12.8. The summed E-state index contributed by atoms with van der Waals surface area (Å²) in [4.78, 5) is 34.9. The van der Waals surface area contributed by atoms with E-state index in [0.29, 0.717) is 13.0 Å². The lowest BCUT2D eigenvalue weighted by atomic mass is 9.98. The topological polar surface area (TPSA) is 86.9 Å². The van der Waals surface area contributed by atoms with E-state index in [1.807, 2.05) is 42.5 Å². The van der Waals surface area contributed by atoms with Crippen LogP contribution in [0.25, 0.3) is 10.8 Å². The van der Waals surface area contributed by atoms with Gasteiger partial charge < -0.3 is 14.7 Å². The highest BCUT2D eigenvalue weighted by molar-refractivity contribution is 6.04. The van der Waals surface area contributed by atoms with Crippen molar-refractivity contribution in [3.8, 4) is 5.75 Å². The maximum Gasteiger partial charge on any atom is 0.341 e. The zero-order chi connectivity index (χ0) is 23.7. The molecule has 3 heterocycles. The standard InChI is InChI=1S/C26H28N4O4/c1-34-26(33)21-14-18-6-2-3-7-20(18)22(25(21)32)17-29-12-10-28(11-13-29)16-19-15-24(31)30-9-5-4-8-23(30)27-19/h2-9,14,23,32H,10-13,15-17H2,1H3/p+1. The molecule has 34 heavy (non-hydrogen) atoms. The molecule has 1 fully saturated rings. The number of hydrogen-bond donors (Lipinski definition) is 2. The fraction of sp³-hybridized carbons (Fsp3) is 0.346. The third-order valence-electron chi connectivity index (χ3n) is 6.82. The number of quaternary nitrogens is 1. The highest BCUT2D eigenvalue weighted by atomic mass is 16.5. The average molecular weight is 462 g/mol. The van der Waals surface area contributed by atoms with Gasteiger partial charge in [-0.3, -0.25) is 19.6 Å². The highest BCUT2D eigenvalue weighted by Crippen LogP contribution is 2.33. The van der Waals surface area contributed by atoms with Crippen LogP contribution in [0.2, 0.25) is 0 Å². The summed E-state index contributed by atoms with van der Waals surface area (Å²) in [5.41, 5.74) is 1.91. The minimum absolute atomic E-state index is 0.00505. The number of fused-ring (bicyclic) bond motifs is 2. The number of benzene rings is 2. The number of nitrogens with zero attached hydrogens (tertiary/aromatic N) is 3. The van der Waals surface area contributed by atoms with Gasteiger partial charge in [0.05, 0.1) is 32.3 Å². The van der Waals surface area contributed by atoms with Crippen molar-refractivity contribution in [2.45, 2.75) is 19.1 Å². The van der Waals surface area contributed by atoms with E-state index in [4.69, 9.17) is 9.73 Å². The van der Waals surface area contributed by atoms with E-state index < -0.39 is 5.97 Å². The molecule has 8 heteroatoms. The zero-order valence-corrected chi connectivity index (χ0v) is 19.2. The van der Waals surface area contributed by atoms with Gasteiger partial charge in [0, 0.05) is 31.4 Å². The van der Waals surface area contributed by atoms with E-state index in [1.54, 1.807) is 17.2 Å². The Balaban J connectivity index is 1.26. The molecule has 0 aromatic heterocycles. The van der Waals surface area contributed by atoms with Crippen molar-refractivity contribution in [1.82, 2.24) is 9.80 Å². The van der Waals surface area contributed by atoms with Crippen molar-refractivity contribution >= 4 is 28.4 Å². The van der Waals surface area contributed by atoms with Gasteiger partial charge in [0.1, 0.15) is 24.0 Å². The monoisotopic (exact) mass is 461 g/mol. The fourth-order valence-electron chi connectivity index (χ4n) is 4.98. The van der Waals surface area contributed by atoms with Crippen molar-refractivity contribution in [3.05, 3.63) is 65.9 Å². The molecule has 1 saturated heterocycles. The highest BCUT2D eigenvalue weighted by Gasteiger charge is 2.30. The van der Waals surface area contributed by atoms with Gasteiger partial charge >= 0.3 is 5.97 Å². The number of hydrogen-bond acceptors (Lipinski definition) is 6. The van der Waals surface area contributed by atoms with Crippen LogP contribution in [0, 0.1) is 0 Å². The molecule has 1 unspecified atom stereocenters. The number of aromatic hydroxyl groups is 1. The Morgan fingerprint density at radius 1 is 1.24 bits per heavy atom. The number of amides is 1. The van der Waals surface area contributed by atoms with Gasteiger partial charge in [0.2, 0.25) is 5.91 Å². The molecule has 0 aliphatic carbocycles. The lowest BCUT2D eigenvalue weighted by molar-refractivity contribution is -0.895. The van der Waals surface area contributed by atoms with Gasteiger partial charge in [-0.25, -0.2) is 4.79 Å². The number of rotatable bonds is 5. The van der Waals surface area contributed by atoms with Crippen molar-refractivity contribution < 1.29 is 24.3 Å². The molecule has 8 nitrogen and oxygen atoms in total. The number of methoxy groups -OCH3 is 1. The number of allylic oxidation sites excluding steroid dienone is 2. The minimum Gasteiger partial charge on any atom is -0.507 e. The number of piperazine rings is 1. The third-order valence-corrected chi connectivity index (χ3v) is 6.82. The lowest BCUT2D eigenvalue weighted by Gasteiger charge is -2.35. The van der Waals surface area contributed by atoms with Gasteiger partial charge in [-0.05, 0) is 29.0 Å². The van der Waals surface area contributed by atoms with E-state index in [0.717, 1.165) is 54.8 Å². The molecule has 0 radical (unpaired) electrons. The van der Waals surface area contributed by atoms with Crippen LogP contribution in [-0.2, 0) is 16.1 Å². The summed E-state index contributed by atoms with van der Waals surface area (Å²) in [6.45, 7) is 4.88. The quantitative estimate of drug-likeness (QED) is 0.652. The summed E-state index contributed by atoms with van der Waals surface area (Å²) >= 11 is 0. The first kappa shape index (κ1) is 22.3. The zero-order valence-electron chi connectivity index (χ0n) is 19.2. The summed E-state index contributed by atoms with van der Waals surface area (Å²) in [5.74, 6) is -0.445. The smallest absolute Gasteiger partial charge is 0.341 e. The lowest BCUT2D eigenvalue weighted by Crippen LogP contribution is -3.15. The van der Waals surface area contributed by atoms with Gasteiger partial charge in [0.15, 0.2) is 0 Å². The van der Waals surface area contributed by atoms with E-state index >= 15 is 0 Å². The molecule has 0 saturated carbocycles. The largest absolute Gasteiger partial charge is 0.507 e. The summed E-state index contributed by atoms with van der Waals surface area (Å²) in [6.07, 6.45) is 7.71. The van der Waals surface area contributed by atoms with E-state index in [-0.39, 0.29) is 23.4 Å². The molecule has 1 atom stereocenters. The first-order valence-electron chi connectivity index (χ1n) is 11.6. The number of phenolic OH excluding ortho intramolecular Hbond substituents is 1. The number of esters is 1. The van der Waals surface area contributed by atoms with Crippen LogP contribution in [0.4, 0.5) is 0 Å². The van der Waals surface area contributed by atoms with Crippen molar-refractivity contribution in [2.75, 3.05) is 39.8 Å². The predicted octanol–water partition coefficient (Wildman–Crippen LogP) is 1.12. The van der Waals surface area contributed by atoms with Gasteiger partial charge in [-0.15, -0.1) is 0 Å². The molecule has 2 aromatic rings. The van der Waals surface area contributed by atoms with Crippen LogP contribution in [-0.4, -0.2) is 78.5 Å². The Bertz CT molecular complexity index is 1210. The Morgan fingerprint density at radius 2 is 2.03 bits per heavy atom. The second-order valence-corrected chi connectivity index (χ2v) is 8.98. The Kier molecular flexibility index (Phi) is 6.17. The molecule has 2 N–H and O–H groups in total. The average Bonchev–Trinajstić information content (AvgIpc) is 2.86. The molecular formula is C26H29N4O4+. The molecule has 3 aliphatic rings. The normalized spacial score (nSPS) is 21.0. The van der Waals surface area contributed by atoms with E-state index in [9.17, 15) is 14.7 Å². The van der Waals surface area contributed by atoms with Gasteiger partial charge in [0.25, 0.3) is 0 Å². The number of carbonyl (C=O) groups is 2. The van der Waals surface area contributed by atoms with E-state index in [2.05, 4.69) is 4.90 Å². The maximum absolute atomic E-state index is 12.5. The van der Waals surface area contributed by atoms with Crippen molar-refractivity contribution in [1.29, 1.82) is 0 Å². The van der Waals surface area contributed by atoms with Crippen LogP contribution in [0.15, 0.2) is 59.8 Å². The van der Waals surface area contributed by atoms with Crippen LogP contribution >= 0.6 is 0 Å². The molecule has 5 rings (SSSR count). The maximum atomic E-state index is 12.5. The molecule has 1 amide bonds. The van der Waals surface area contributed by atoms with Crippen LogP contribution < -0.4 is 4.90 Å². The number of carbonyl (C=O) groups excluding carboxylic acids is 2. The molecule has 0 bridgehead atoms. The van der Waals surface area contributed by atoms with Crippen LogP contribution in [0.5, 0.6) is 5.75 Å². The fourth-order valence-corrected chi connectivity index (χ4v) is 4.98. The van der Waals surface area contributed by atoms with Crippen LogP contribution in [0.1, 0.15) is 22.3 Å². The second kappa shape index (κ2) is 9.40. The van der Waals surface area contributed by atoms with Crippen LogP contribution in [0.3, 0.4) is 0 Å². The van der Waals surface area contributed by atoms with E-state index in [1.165, 1.54) is 12.0 Å². The molecular weight excluding hydrogens is 432 g/mol. The molecule has 176 valence electrons. The molecule has 2 aromatic carbocycles. The predicted molar refractivity (Wildman–Crippen MR) is 129 cm³/mol. The first-order chi connectivity index (χ1) is 16.5. The summed E-state index contributed by atoms with van der Waals surface area (Å²) < 4.78 is 4.88. The third kappa shape index (κ3) is 4.34. The van der Waals surface area contributed by atoms with Gasteiger partial charge in [-0.2, -0.15) is 0 Å². The van der Waals surface area contributed by atoms with Crippen molar-refractivity contribution in [2.24, 2.45) is 4.99 Å². The SMILES string of the molecule is COC(=O)c1cc2ccccc2c(CN2CC[NH+](CC3=NC4C=CC=CN4C(=O)C3)CC2)c1O. The summed E-state index contributed by atoms with van der Waals surface area (Å²) in [7, 11) is 1.32. The Labute approximate surface area is 198 Å². The second-order valence-electron chi connectivity index (χ2n) is 8.98. The Morgan fingerprint density at radius 3 is 2.82 bits per heavy atom. The van der Waals surface area contributed by atoms with Gasteiger partial charge in [-0.1, -0.05) is 30.3 Å². The summed E-state index contributed by atoms with van der Waals surface area (Å²) in [6, 6.07) is 9.47. The first-order valence-corrected chi connectivity index (χ1v) is 11.6. The number of aliphatic imine (C=N–C) groups is 1. The number of nitrogens with one attached hydrogen (secondary N) is 1.